The molecule has 0 spiro atoms. The van der Waals surface area contributed by atoms with E-state index in [4.69, 9.17) is 9.47 Å². The molecule has 0 aromatic heterocycles. The summed E-state index contributed by atoms with van der Waals surface area (Å²) in [6, 6.07) is 42.7. The Hall–Kier alpha value is -7.98. The molecule has 8 bridgehead atoms. The number of fused-ring (bicyclic) bond motifs is 10. The van der Waals surface area contributed by atoms with Gasteiger partial charge in [-0.25, -0.2) is 9.59 Å². The molecular weight excluding hydrogens is 921 g/mol. The smallest absolute Gasteiger partial charge is 0.323 e. The number of hydrogen-bond donors (Lipinski definition) is 6. The van der Waals surface area contributed by atoms with Crippen molar-refractivity contribution in [3.8, 4) is 23.0 Å². The third-order valence-corrected chi connectivity index (χ3v) is 13.8. The molecule has 1 aliphatic rings. The number of carbonyl (C=O) groups excluding carboxylic acids is 2. The second-order valence-electron chi connectivity index (χ2n) is 21.6. The van der Waals surface area contributed by atoms with Gasteiger partial charge in [0.1, 0.15) is 23.0 Å². The molecule has 74 heavy (non-hydrogen) atoms. The van der Waals surface area contributed by atoms with Crippen molar-refractivity contribution >= 4 is 56.4 Å². The van der Waals surface area contributed by atoms with Crippen LogP contribution >= 0.6 is 0 Å². The lowest BCUT2D eigenvalue weighted by atomic mass is 9.81. The Kier molecular flexibility index (Phi) is 14.6. The summed E-state index contributed by atoms with van der Waals surface area (Å²) in [7, 11) is 0. The number of hydrogen-bond acceptors (Lipinski definition) is 6. The van der Waals surface area contributed by atoms with E-state index in [9.17, 15) is 19.8 Å². The standard InChI is InChI=1S/C64H68N4O6/c1-9-25-73-59-45-27-41-35-51(65-61(71)67-55-23-15-19-39-17-11-13-21-53(39)55)37-43(57(41)69)29-47-33-50(64(6,7)8)34-48(60(47)74-26-10-2)30-44-38-52(36-42(58(44)70)28-46(59)32-49(31-45)63(3,4)5)66-62(72)68-56-24-16-20-40-18-12-14-22-54(40)56/h11-24,31-38,69-70H,9-10,25-30H2,1-8H3,(H2,65,67,71)(H2,66,68,72). The summed E-state index contributed by atoms with van der Waals surface area (Å²) in [5, 5.41) is 41.5. The molecule has 8 aromatic carbocycles. The van der Waals surface area contributed by atoms with Gasteiger partial charge < -0.3 is 41.0 Å². The van der Waals surface area contributed by atoms with Gasteiger partial charge in [0.25, 0.3) is 0 Å². The Bertz CT molecular complexity index is 3090. The Morgan fingerprint density at radius 3 is 1.09 bits per heavy atom. The molecule has 9 rings (SSSR count). The van der Waals surface area contributed by atoms with Crippen LogP contribution in [-0.2, 0) is 36.5 Å². The van der Waals surface area contributed by atoms with Crippen molar-refractivity contribution in [2.75, 3.05) is 34.5 Å². The zero-order chi connectivity index (χ0) is 52.3. The molecule has 0 saturated carbocycles. The molecule has 0 saturated heterocycles. The summed E-state index contributed by atoms with van der Waals surface area (Å²) in [6.07, 6.45) is 2.53. The summed E-state index contributed by atoms with van der Waals surface area (Å²) in [5.74, 6) is 1.54. The molecule has 0 fully saturated rings. The SMILES string of the molecule is CCCOc1c2cc(C(C)(C)C)cc1Cc1cc(NC(=O)Nc3cccc4ccccc34)cc(c1O)Cc1cc(C(C)(C)C)cc(c1OCCC)Cc1cc(NC(=O)Nc3cccc4ccccc34)cc(c1O)C2. The fourth-order valence-corrected chi connectivity index (χ4v) is 9.94. The van der Waals surface area contributed by atoms with Gasteiger partial charge in [0.15, 0.2) is 0 Å². The molecule has 10 nitrogen and oxygen atoms in total. The fourth-order valence-electron chi connectivity index (χ4n) is 9.94. The summed E-state index contributed by atoms with van der Waals surface area (Å²) in [6.45, 7) is 18.0. The molecule has 10 heteroatoms. The number of ether oxygens (including phenoxy) is 2. The predicted octanol–water partition coefficient (Wildman–Crippen LogP) is 15.5. The second kappa shape index (κ2) is 21.2. The van der Waals surface area contributed by atoms with E-state index < -0.39 is 12.1 Å². The number of aromatic hydroxyl groups is 2. The van der Waals surface area contributed by atoms with E-state index in [2.05, 4.69) is 101 Å². The van der Waals surface area contributed by atoms with Gasteiger partial charge in [-0.05, 0) is 104 Å². The molecule has 0 radical (unpaired) electrons. The summed E-state index contributed by atoms with van der Waals surface area (Å²) in [5.41, 5.74) is 9.66. The number of phenols is 2. The Morgan fingerprint density at radius 1 is 0.446 bits per heavy atom. The van der Waals surface area contributed by atoms with E-state index in [1.165, 1.54) is 0 Å². The highest BCUT2D eigenvalue weighted by atomic mass is 16.5. The third kappa shape index (κ3) is 11.3. The van der Waals surface area contributed by atoms with E-state index in [1.54, 1.807) is 0 Å². The number of anilines is 4. The van der Waals surface area contributed by atoms with Gasteiger partial charge in [0.2, 0.25) is 0 Å². The number of amides is 4. The van der Waals surface area contributed by atoms with Crippen LogP contribution in [-0.4, -0.2) is 35.5 Å². The minimum absolute atomic E-state index is 0.116. The first-order valence-electron chi connectivity index (χ1n) is 25.8. The van der Waals surface area contributed by atoms with E-state index in [0.29, 0.717) is 69.7 Å². The van der Waals surface area contributed by atoms with E-state index in [-0.39, 0.29) is 48.0 Å². The van der Waals surface area contributed by atoms with Crippen molar-refractivity contribution in [3.05, 3.63) is 189 Å². The highest BCUT2D eigenvalue weighted by Gasteiger charge is 2.27. The molecule has 4 amide bonds. The summed E-state index contributed by atoms with van der Waals surface area (Å²) >= 11 is 0. The van der Waals surface area contributed by atoms with Crippen molar-refractivity contribution in [2.24, 2.45) is 0 Å². The molecular formula is C64H68N4O6. The molecule has 0 atom stereocenters. The predicted molar refractivity (Wildman–Crippen MR) is 302 cm³/mol. The minimum atomic E-state index is -0.417. The van der Waals surface area contributed by atoms with Crippen LogP contribution in [0.25, 0.3) is 21.5 Å². The zero-order valence-electron chi connectivity index (χ0n) is 43.9. The van der Waals surface area contributed by atoms with Crippen LogP contribution in [0.15, 0.2) is 133 Å². The van der Waals surface area contributed by atoms with Crippen molar-refractivity contribution in [2.45, 2.75) is 105 Å². The van der Waals surface area contributed by atoms with Gasteiger partial charge in [-0.15, -0.1) is 0 Å². The number of phenolic OH excluding ortho intramolecular Hbond substituents is 2. The zero-order valence-corrected chi connectivity index (χ0v) is 43.9. The molecule has 0 unspecified atom stereocenters. The summed E-state index contributed by atoms with van der Waals surface area (Å²) < 4.78 is 13.5. The van der Waals surface area contributed by atoms with Gasteiger partial charge in [-0.2, -0.15) is 0 Å². The van der Waals surface area contributed by atoms with Crippen LogP contribution in [0.3, 0.4) is 0 Å². The number of rotatable bonds is 10. The fraction of sp³-hybridized carbons (Fsp3) is 0.281. The van der Waals surface area contributed by atoms with E-state index in [1.807, 2.05) is 109 Å². The maximum atomic E-state index is 14.1. The number of benzene rings is 8. The minimum Gasteiger partial charge on any atom is -0.507 e. The lowest BCUT2D eigenvalue weighted by molar-refractivity contribution is 0.261. The number of nitrogens with one attached hydrogen (secondary N) is 4. The first-order chi connectivity index (χ1) is 35.4. The molecule has 380 valence electrons. The van der Waals surface area contributed by atoms with Crippen LogP contribution in [0, 0.1) is 0 Å². The summed E-state index contributed by atoms with van der Waals surface area (Å²) in [4.78, 5) is 28.1. The maximum Gasteiger partial charge on any atom is 0.323 e. The lowest BCUT2D eigenvalue weighted by Gasteiger charge is -2.26. The van der Waals surface area contributed by atoms with Crippen molar-refractivity contribution in [1.82, 2.24) is 0 Å². The third-order valence-electron chi connectivity index (χ3n) is 13.8. The van der Waals surface area contributed by atoms with Crippen LogP contribution in [0.1, 0.15) is 124 Å². The van der Waals surface area contributed by atoms with E-state index in [0.717, 1.165) is 67.8 Å². The maximum absolute atomic E-state index is 14.1. The average molecular weight is 989 g/mol. The van der Waals surface area contributed by atoms with Crippen molar-refractivity contribution < 1.29 is 29.3 Å². The molecule has 1 aliphatic carbocycles. The van der Waals surface area contributed by atoms with Gasteiger partial charge >= 0.3 is 12.1 Å². The quantitative estimate of drug-likeness (QED) is 0.0754. The second-order valence-corrected chi connectivity index (χ2v) is 21.6. The molecule has 0 heterocycles. The monoisotopic (exact) mass is 989 g/mol. The van der Waals surface area contributed by atoms with Crippen molar-refractivity contribution in [3.63, 3.8) is 0 Å². The van der Waals surface area contributed by atoms with Crippen LogP contribution in [0.4, 0.5) is 32.3 Å². The van der Waals surface area contributed by atoms with Gasteiger partial charge in [0, 0.05) is 70.1 Å². The van der Waals surface area contributed by atoms with Crippen LogP contribution in [0.2, 0.25) is 0 Å². The average Bonchev–Trinajstić information content (AvgIpc) is 3.35. The largest absolute Gasteiger partial charge is 0.507 e. The van der Waals surface area contributed by atoms with Gasteiger partial charge in [0.05, 0.1) is 24.6 Å². The first-order valence-corrected chi connectivity index (χ1v) is 25.8. The topological polar surface area (TPSA) is 141 Å². The molecule has 0 aliphatic heterocycles. The highest BCUT2D eigenvalue weighted by molar-refractivity contribution is 6.07. The highest BCUT2D eigenvalue weighted by Crippen LogP contribution is 2.43. The molecule has 6 N–H and O–H groups in total. The Labute approximate surface area is 435 Å². The molecule has 8 aromatic rings. The number of carbonyl (C=O) groups is 2. The number of urea groups is 2. The van der Waals surface area contributed by atoms with Crippen LogP contribution in [0.5, 0.6) is 23.0 Å². The Balaban J connectivity index is 1.23. The normalized spacial score (nSPS) is 12.5. The first kappa shape index (κ1) is 50.9. The van der Waals surface area contributed by atoms with Gasteiger partial charge in [-0.1, -0.05) is 152 Å². The van der Waals surface area contributed by atoms with E-state index >= 15 is 0 Å². The Morgan fingerprint density at radius 2 is 0.770 bits per heavy atom. The van der Waals surface area contributed by atoms with Crippen molar-refractivity contribution in [1.29, 1.82) is 0 Å². The lowest BCUT2D eigenvalue weighted by Crippen LogP contribution is -2.20. The van der Waals surface area contributed by atoms with Crippen LogP contribution < -0.4 is 30.7 Å². The van der Waals surface area contributed by atoms with Gasteiger partial charge in [-0.3, -0.25) is 0 Å².